The maximum atomic E-state index is 12.0. The number of rotatable bonds is 5. The molecule has 1 aromatic rings. The Labute approximate surface area is 146 Å². The average molecular weight is 347 g/mol. The topological polar surface area (TPSA) is 106 Å². The number of primary amides is 1. The number of amides is 2. The molecule has 2 saturated heterocycles. The minimum atomic E-state index is -0.439. The van der Waals surface area contributed by atoms with Gasteiger partial charge in [0.25, 0.3) is 0 Å². The number of carbonyl (C=O) groups is 2. The van der Waals surface area contributed by atoms with E-state index in [1.807, 2.05) is 0 Å². The first-order valence-electron chi connectivity index (χ1n) is 9.14. The zero-order valence-corrected chi connectivity index (χ0v) is 14.4. The van der Waals surface area contributed by atoms with Crippen molar-refractivity contribution in [2.75, 3.05) is 26.2 Å². The van der Waals surface area contributed by atoms with E-state index < -0.39 is 5.91 Å². The molecule has 3 aliphatic rings. The maximum absolute atomic E-state index is 12.0. The van der Waals surface area contributed by atoms with Crippen molar-refractivity contribution in [3.05, 3.63) is 11.8 Å². The molecule has 0 atom stereocenters. The van der Waals surface area contributed by atoms with Gasteiger partial charge in [0.1, 0.15) is 0 Å². The standard InChI is InChI=1S/C17H25N5O3/c18-13(23)9-22-11-17(4-3-15(22)24)5-7-21(8-6-17)10-14-19-20-16(25-14)12-1-2-12/h12H,1-11H2,(H2,18,23). The molecule has 25 heavy (non-hydrogen) atoms. The quantitative estimate of drug-likeness (QED) is 0.838. The Morgan fingerprint density at radius 3 is 2.68 bits per heavy atom. The van der Waals surface area contributed by atoms with Gasteiger partial charge in [0.2, 0.25) is 23.6 Å². The molecule has 1 aliphatic carbocycles. The van der Waals surface area contributed by atoms with Crippen LogP contribution in [0, 0.1) is 5.41 Å². The van der Waals surface area contributed by atoms with Crippen molar-refractivity contribution in [3.8, 4) is 0 Å². The Kier molecular flexibility index (Phi) is 4.23. The van der Waals surface area contributed by atoms with Gasteiger partial charge in [0.05, 0.1) is 13.1 Å². The van der Waals surface area contributed by atoms with Crippen molar-refractivity contribution >= 4 is 11.8 Å². The van der Waals surface area contributed by atoms with Crippen LogP contribution in [0.1, 0.15) is 56.2 Å². The first-order chi connectivity index (χ1) is 12.0. The number of carbonyl (C=O) groups excluding carboxylic acids is 2. The van der Waals surface area contributed by atoms with Crippen LogP contribution in [0.2, 0.25) is 0 Å². The van der Waals surface area contributed by atoms with Gasteiger partial charge < -0.3 is 15.1 Å². The number of hydrogen-bond donors (Lipinski definition) is 1. The summed E-state index contributed by atoms with van der Waals surface area (Å²) in [6.45, 7) is 3.27. The second-order valence-electron chi connectivity index (χ2n) is 7.80. The Bertz CT molecular complexity index is 661. The first-order valence-corrected chi connectivity index (χ1v) is 9.14. The van der Waals surface area contributed by atoms with Crippen molar-refractivity contribution in [3.63, 3.8) is 0 Å². The van der Waals surface area contributed by atoms with Crippen molar-refractivity contribution < 1.29 is 14.0 Å². The monoisotopic (exact) mass is 347 g/mol. The van der Waals surface area contributed by atoms with E-state index in [4.69, 9.17) is 10.2 Å². The van der Waals surface area contributed by atoms with E-state index >= 15 is 0 Å². The molecule has 3 fully saturated rings. The average Bonchev–Trinajstić information content (AvgIpc) is 3.33. The highest BCUT2D eigenvalue weighted by Crippen LogP contribution is 2.41. The van der Waals surface area contributed by atoms with E-state index in [9.17, 15) is 9.59 Å². The summed E-state index contributed by atoms with van der Waals surface area (Å²) in [5.41, 5.74) is 5.39. The van der Waals surface area contributed by atoms with Gasteiger partial charge in [-0.25, -0.2) is 0 Å². The lowest BCUT2D eigenvalue weighted by molar-refractivity contribution is -0.142. The lowest BCUT2D eigenvalue weighted by Gasteiger charge is -2.47. The SMILES string of the molecule is NC(=O)CN1CC2(CCC1=O)CCN(Cc1nnc(C3CC3)o1)CC2. The Morgan fingerprint density at radius 2 is 2.00 bits per heavy atom. The van der Waals surface area contributed by atoms with Crippen LogP contribution in [0.4, 0.5) is 0 Å². The van der Waals surface area contributed by atoms with Crippen LogP contribution in [-0.4, -0.2) is 58.0 Å². The molecule has 1 spiro atoms. The highest BCUT2D eigenvalue weighted by atomic mass is 16.4. The third kappa shape index (κ3) is 3.68. The van der Waals surface area contributed by atoms with Crippen molar-refractivity contribution in [1.82, 2.24) is 20.0 Å². The highest BCUT2D eigenvalue weighted by Gasteiger charge is 2.41. The van der Waals surface area contributed by atoms with Gasteiger partial charge in [-0.3, -0.25) is 14.5 Å². The summed E-state index contributed by atoms with van der Waals surface area (Å²) < 4.78 is 5.75. The molecule has 2 N–H and O–H groups in total. The van der Waals surface area contributed by atoms with Gasteiger partial charge in [-0.15, -0.1) is 10.2 Å². The number of piperidine rings is 2. The largest absolute Gasteiger partial charge is 0.424 e. The normalized spacial score (nSPS) is 24.0. The van der Waals surface area contributed by atoms with Gasteiger partial charge >= 0.3 is 0 Å². The third-order valence-corrected chi connectivity index (χ3v) is 5.78. The molecule has 0 unspecified atom stereocenters. The van der Waals surface area contributed by atoms with Crippen LogP contribution in [0.3, 0.4) is 0 Å². The summed E-state index contributed by atoms with van der Waals surface area (Å²) in [5, 5.41) is 8.31. The zero-order chi connectivity index (χ0) is 17.4. The molecule has 8 nitrogen and oxygen atoms in total. The number of nitrogens with two attached hydrogens (primary N) is 1. The molecule has 2 aliphatic heterocycles. The van der Waals surface area contributed by atoms with Gasteiger partial charge in [-0.2, -0.15) is 0 Å². The first kappa shape index (κ1) is 16.5. The van der Waals surface area contributed by atoms with E-state index in [0.29, 0.717) is 31.3 Å². The summed E-state index contributed by atoms with van der Waals surface area (Å²) in [7, 11) is 0. The van der Waals surface area contributed by atoms with Crippen molar-refractivity contribution in [2.45, 2.75) is 51.0 Å². The van der Waals surface area contributed by atoms with Gasteiger partial charge in [0, 0.05) is 18.9 Å². The molecule has 1 saturated carbocycles. The second-order valence-corrected chi connectivity index (χ2v) is 7.80. The zero-order valence-electron chi connectivity index (χ0n) is 14.4. The molecule has 136 valence electrons. The van der Waals surface area contributed by atoms with Crippen molar-refractivity contribution in [2.24, 2.45) is 11.1 Å². The van der Waals surface area contributed by atoms with Crippen LogP contribution in [0.15, 0.2) is 4.42 Å². The number of aromatic nitrogens is 2. The van der Waals surface area contributed by atoms with E-state index in [-0.39, 0.29) is 17.9 Å². The second kappa shape index (κ2) is 6.40. The van der Waals surface area contributed by atoms with Gasteiger partial charge in [-0.1, -0.05) is 0 Å². The van der Waals surface area contributed by atoms with E-state index in [0.717, 1.165) is 51.1 Å². The van der Waals surface area contributed by atoms with Gasteiger partial charge in [0.15, 0.2) is 0 Å². The Morgan fingerprint density at radius 1 is 1.24 bits per heavy atom. The lowest BCUT2D eigenvalue weighted by atomic mass is 9.72. The van der Waals surface area contributed by atoms with Gasteiger partial charge in [-0.05, 0) is 50.6 Å². The summed E-state index contributed by atoms with van der Waals surface area (Å²) in [6.07, 6.45) is 5.77. The third-order valence-electron chi connectivity index (χ3n) is 5.78. The van der Waals surface area contributed by atoms with Crippen LogP contribution >= 0.6 is 0 Å². The van der Waals surface area contributed by atoms with E-state index in [1.165, 1.54) is 0 Å². The lowest BCUT2D eigenvalue weighted by Crippen LogP contribution is -2.53. The molecule has 8 heteroatoms. The minimum Gasteiger partial charge on any atom is -0.424 e. The molecule has 4 rings (SSSR count). The van der Waals surface area contributed by atoms with Crippen LogP contribution < -0.4 is 5.73 Å². The van der Waals surface area contributed by atoms with E-state index in [1.54, 1.807) is 4.90 Å². The molecule has 0 radical (unpaired) electrons. The van der Waals surface area contributed by atoms with E-state index in [2.05, 4.69) is 15.1 Å². The summed E-state index contributed by atoms with van der Waals surface area (Å²) in [4.78, 5) is 27.2. The fourth-order valence-corrected chi connectivity index (χ4v) is 4.05. The molecule has 0 aromatic carbocycles. The van der Waals surface area contributed by atoms with Crippen LogP contribution in [-0.2, 0) is 16.1 Å². The predicted octanol–water partition coefficient (Wildman–Crippen LogP) is 0.637. The molecule has 2 amide bonds. The van der Waals surface area contributed by atoms with Crippen LogP contribution in [0.5, 0.6) is 0 Å². The maximum Gasteiger partial charge on any atom is 0.237 e. The summed E-state index contributed by atoms with van der Waals surface area (Å²) in [6, 6.07) is 0. The summed E-state index contributed by atoms with van der Waals surface area (Å²) in [5.74, 6) is 1.58. The highest BCUT2D eigenvalue weighted by molar-refractivity contribution is 5.84. The molecule has 3 heterocycles. The fraction of sp³-hybridized carbons (Fsp3) is 0.765. The Balaban J connectivity index is 1.32. The number of likely N-dealkylation sites (tertiary alicyclic amines) is 2. The Hall–Kier alpha value is -1.96. The fourth-order valence-electron chi connectivity index (χ4n) is 4.05. The molecular weight excluding hydrogens is 322 g/mol. The van der Waals surface area contributed by atoms with Crippen molar-refractivity contribution in [1.29, 1.82) is 0 Å². The van der Waals surface area contributed by atoms with Crippen LogP contribution in [0.25, 0.3) is 0 Å². The smallest absolute Gasteiger partial charge is 0.237 e. The summed E-state index contributed by atoms with van der Waals surface area (Å²) >= 11 is 0. The molecule has 0 bridgehead atoms. The predicted molar refractivity (Wildman–Crippen MR) is 88.2 cm³/mol. The molecule has 1 aromatic heterocycles. The molecular formula is C17H25N5O3. The number of hydrogen-bond acceptors (Lipinski definition) is 6. The minimum absolute atomic E-state index is 0.0379. The number of nitrogens with zero attached hydrogens (tertiary/aromatic N) is 4.